The Bertz CT molecular complexity index is 1160. The number of aromatic nitrogens is 1. The van der Waals surface area contributed by atoms with E-state index in [1.807, 2.05) is 39.8 Å². The van der Waals surface area contributed by atoms with Gasteiger partial charge in [0.2, 0.25) is 6.41 Å². The van der Waals surface area contributed by atoms with Crippen molar-refractivity contribution in [3.05, 3.63) is 64.8 Å². The molecule has 1 aromatic heterocycles. The SMILES string of the molecule is CC(C)c1cc(Cl)cc(C(C)C)c1N(C=O)NS(=O)(=O)c1cnc2ccccc2c1. The average molecular weight is 446 g/mol. The summed E-state index contributed by atoms with van der Waals surface area (Å²) in [5.74, 6) is 0.0379. The highest BCUT2D eigenvalue weighted by Crippen LogP contribution is 2.37. The number of nitrogens with zero attached hydrogens (tertiary/aromatic N) is 2. The molecule has 6 nitrogen and oxygen atoms in total. The van der Waals surface area contributed by atoms with Gasteiger partial charge in [-0.25, -0.2) is 13.4 Å². The predicted octanol–water partition coefficient (Wildman–Crippen LogP) is 4.99. The fourth-order valence-corrected chi connectivity index (χ4v) is 4.51. The zero-order valence-corrected chi connectivity index (χ0v) is 18.8. The maximum absolute atomic E-state index is 13.1. The first-order valence-corrected chi connectivity index (χ1v) is 11.4. The number of hydrogen-bond donors (Lipinski definition) is 1. The molecule has 0 atom stereocenters. The first kappa shape index (κ1) is 22.2. The van der Waals surface area contributed by atoms with Gasteiger partial charge in [0, 0.05) is 16.6 Å². The van der Waals surface area contributed by atoms with Crippen molar-refractivity contribution in [2.75, 3.05) is 5.01 Å². The summed E-state index contributed by atoms with van der Waals surface area (Å²) >= 11 is 6.29. The van der Waals surface area contributed by atoms with E-state index in [4.69, 9.17) is 11.6 Å². The Morgan fingerprint density at radius 1 is 1.03 bits per heavy atom. The van der Waals surface area contributed by atoms with Crippen LogP contribution in [0.1, 0.15) is 50.7 Å². The lowest BCUT2D eigenvalue weighted by Crippen LogP contribution is -2.42. The van der Waals surface area contributed by atoms with E-state index in [-0.39, 0.29) is 16.7 Å². The van der Waals surface area contributed by atoms with Crippen LogP contribution in [0.2, 0.25) is 5.02 Å². The maximum Gasteiger partial charge on any atom is 0.259 e. The minimum Gasteiger partial charge on any atom is -0.277 e. The van der Waals surface area contributed by atoms with Crippen LogP contribution in [0.15, 0.2) is 53.6 Å². The number of benzene rings is 2. The molecule has 8 heteroatoms. The number of rotatable bonds is 7. The summed E-state index contributed by atoms with van der Waals surface area (Å²) in [6.07, 6.45) is 1.75. The molecule has 0 aliphatic heterocycles. The number of anilines is 1. The molecule has 1 N–H and O–H groups in total. The van der Waals surface area contributed by atoms with Crippen molar-refractivity contribution in [3.63, 3.8) is 0 Å². The van der Waals surface area contributed by atoms with E-state index in [0.717, 1.165) is 16.1 Å². The van der Waals surface area contributed by atoms with Crippen molar-refractivity contribution in [1.29, 1.82) is 0 Å². The van der Waals surface area contributed by atoms with Crippen LogP contribution in [-0.2, 0) is 14.8 Å². The van der Waals surface area contributed by atoms with Crippen LogP contribution in [0.25, 0.3) is 10.9 Å². The summed E-state index contributed by atoms with van der Waals surface area (Å²) < 4.78 is 26.1. The third-order valence-electron chi connectivity index (χ3n) is 4.82. The van der Waals surface area contributed by atoms with Crippen LogP contribution in [0.4, 0.5) is 5.69 Å². The molecule has 0 aliphatic rings. The molecule has 0 fully saturated rings. The summed E-state index contributed by atoms with van der Waals surface area (Å²) in [6.45, 7) is 7.85. The van der Waals surface area contributed by atoms with Gasteiger partial charge in [-0.3, -0.25) is 9.78 Å². The number of para-hydroxylation sites is 1. The van der Waals surface area contributed by atoms with Crippen molar-refractivity contribution in [2.24, 2.45) is 0 Å². The number of hydrazine groups is 1. The molecule has 3 rings (SSSR count). The summed E-state index contributed by atoms with van der Waals surface area (Å²) in [7, 11) is -4.06. The van der Waals surface area contributed by atoms with Gasteiger partial charge in [-0.05, 0) is 47.2 Å². The quantitative estimate of drug-likeness (QED) is 0.410. The number of amides is 1. The van der Waals surface area contributed by atoms with Crippen LogP contribution in [0.5, 0.6) is 0 Å². The van der Waals surface area contributed by atoms with Crippen molar-refractivity contribution >= 4 is 44.6 Å². The lowest BCUT2D eigenvalue weighted by Gasteiger charge is -2.27. The normalized spacial score (nSPS) is 12.0. The highest BCUT2D eigenvalue weighted by molar-refractivity contribution is 7.89. The Kier molecular flexibility index (Phi) is 6.45. The first-order valence-electron chi connectivity index (χ1n) is 9.59. The van der Waals surface area contributed by atoms with Gasteiger partial charge in [0.25, 0.3) is 10.0 Å². The first-order chi connectivity index (χ1) is 14.1. The van der Waals surface area contributed by atoms with Gasteiger partial charge in [0.1, 0.15) is 4.90 Å². The van der Waals surface area contributed by atoms with Crippen molar-refractivity contribution < 1.29 is 13.2 Å². The summed E-state index contributed by atoms with van der Waals surface area (Å²) in [5.41, 5.74) is 2.73. The van der Waals surface area contributed by atoms with Crippen LogP contribution < -0.4 is 9.84 Å². The Balaban J connectivity index is 2.09. The lowest BCUT2D eigenvalue weighted by molar-refractivity contribution is -0.107. The fourth-order valence-electron chi connectivity index (χ4n) is 3.30. The molecule has 3 aromatic rings. The molecule has 0 spiro atoms. The second kappa shape index (κ2) is 8.71. The van der Waals surface area contributed by atoms with E-state index in [9.17, 15) is 13.2 Å². The Morgan fingerprint density at radius 3 is 2.20 bits per heavy atom. The smallest absolute Gasteiger partial charge is 0.259 e. The highest BCUT2D eigenvalue weighted by Gasteiger charge is 2.25. The van der Waals surface area contributed by atoms with Crippen LogP contribution in [-0.4, -0.2) is 19.8 Å². The van der Waals surface area contributed by atoms with E-state index in [1.165, 1.54) is 12.3 Å². The van der Waals surface area contributed by atoms with E-state index >= 15 is 0 Å². The number of pyridine rings is 1. The van der Waals surface area contributed by atoms with Gasteiger partial charge in [-0.2, -0.15) is 0 Å². The molecule has 0 saturated heterocycles. The predicted molar refractivity (Wildman–Crippen MR) is 120 cm³/mol. The molecule has 0 aliphatic carbocycles. The molecule has 0 radical (unpaired) electrons. The zero-order chi connectivity index (χ0) is 22.1. The third-order valence-corrected chi connectivity index (χ3v) is 6.32. The largest absolute Gasteiger partial charge is 0.277 e. The number of halogens is 1. The second-order valence-corrected chi connectivity index (χ2v) is 9.77. The lowest BCUT2D eigenvalue weighted by atomic mass is 9.92. The Morgan fingerprint density at radius 2 is 1.63 bits per heavy atom. The van der Waals surface area contributed by atoms with Gasteiger partial charge < -0.3 is 0 Å². The van der Waals surface area contributed by atoms with E-state index < -0.39 is 10.0 Å². The molecule has 0 saturated carbocycles. The molecule has 158 valence electrons. The molecule has 0 unspecified atom stereocenters. The van der Waals surface area contributed by atoms with Crippen molar-refractivity contribution in [2.45, 2.75) is 44.4 Å². The fraction of sp³-hybridized carbons (Fsp3) is 0.273. The second-order valence-electron chi connectivity index (χ2n) is 7.68. The standard InChI is InChI=1S/C22H24ClN3O3S/c1-14(2)19-10-17(23)11-20(15(3)4)22(19)26(13-27)25-30(28,29)18-9-16-7-5-6-8-21(16)24-12-18/h5-15,25H,1-4H3. The van der Waals surface area contributed by atoms with Crippen LogP contribution in [0, 0.1) is 0 Å². The van der Waals surface area contributed by atoms with E-state index in [0.29, 0.717) is 28.0 Å². The number of hydrogen-bond acceptors (Lipinski definition) is 4. The monoisotopic (exact) mass is 445 g/mol. The summed E-state index contributed by atoms with van der Waals surface area (Å²) in [5, 5.41) is 2.25. The molecule has 2 aromatic carbocycles. The number of nitrogens with one attached hydrogen (secondary N) is 1. The molecular formula is C22H24ClN3O3S. The highest BCUT2D eigenvalue weighted by atomic mass is 35.5. The molecule has 30 heavy (non-hydrogen) atoms. The summed E-state index contributed by atoms with van der Waals surface area (Å²) in [6, 6.07) is 12.3. The van der Waals surface area contributed by atoms with Crippen molar-refractivity contribution in [1.82, 2.24) is 9.82 Å². The minimum absolute atomic E-state index is 0.0190. The molecule has 0 bridgehead atoms. The third kappa shape index (κ3) is 4.48. The van der Waals surface area contributed by atoms with Crippen LogP contribution >= 0.6 is 11.6 Å². The topological polar surface area (TPSA) is 79.4 Å². The summed E-state index contributed by atoms with van der Waals surface area (Å²) in [4.78, 5) is 18.6. The number of fused-ring (bicyclic) bond motifs is 1. The van der Waals surface area contributed by atoms with Gasteiger partial charge in [-0.1, -0.05) is 57.5 Å². The van der Waals surface area contributed by atoms with Gasteiger partial charge in [0.15, 0.2) is 0 Å². The zero-order valence-electron chi connectivity index (χ0n) is 17.3. The van der Waals surface area contributed by atoms with Crippen molar-refractivity contribution in [3.8, 4) is 0 Å². The van der Waals surface area contributed by atoms with Gasteiger partial charge in [-0.15, -0.1) is 4.83 Å². The Hall–Kier alpha value is -2.48. The minimum atomic E-state index is -4.06. The number of sulfonamides is 1. The Labute approximate surface area is 181 Å². The molecule has 1 heterocycles. The van der Waals surface area contributed by atoms with E-state index in [1.54, 1.807) is 24.3 Å². The number of carbonyl (C=O) groups is 1. The van der Waals surface area contributed by atoms with Gasteiger partial charge in [0.05, 0.1) is 11.2 Å². The van der Waals surface area contributed by atoms with Gasteiger partial charge >= 0.3 is 0 Å². The van der Waals surface area contributed by atoms with Crippen LogP contribution in [0.3, 0.4) is 0 Å². The molecule has 1 amide bonds. The maximum atomic E-state index is 13.1. The molecular weight excluding hydrogens is 422 g/mol. The average Bonchev–Trinajstić information content (AvgIpc) is 2.71. The van der Waals surface area contributed by atoms with E-state index in [2.05, 4.69) is 9.82 Å². The number of carbonyl (C=O) groups excluding carboxylic acids is 1.